The quantitative estimate of drug-likeness (QED) is 0.684. The first-order chi connectivity index (χ1) is 6.70. The lowest BCUT2D eigenvalue weighted by Gasteiger charge is -1.88. The van der Waals surface area contributed by atoms with E-state index in [1.807, 2.05) is 0 Å². The van der Waals surface area contributed by atoms with Gasteiger partial charge >= 0.3 is 0 Å². The van der Waals surface area contributed by atoms with Crippen LogP contribution in [0.25, 0.3) is 11.0 Å². The van der Waals surface area contributed by atoms with Crippen molar-refractivity contribution in [1.29, 1.82) is 0 Å². The second-order valence-electron chi connectivity index (χ2n) is 3.07. The summed E-state index contributed by atoms with van der Waals surface area (Å²) in [7, 11) is 0. The molecule has 0 atom stereocenters. The lowest BCUT2D eigenvalue weighted by atomic mass is 10.2. The number of carbonyl (C=O) groups excluding carboxylic acids is 1. The van der Waals surface area contributed by atoms with Gasteiger partial charge in [-0.05, 0) is 24.3 Å². The predicted octanol–water partition coefficient (Wildman–Crippen LogP) is 3.16. The smallest absolute Gasteiger partial charge is 0.197 e. The molecule has 2 aromatic rings. The molecule has 0 saturated carbocycles. The predicted molar refractivity (Wildman–Crippen MR) is 50.8 cm³/mol. The molecule has 0 unspecified atom stereocenters. The minimum Gasteiger partial charge on any atom is -0.453 e. The van der Waals surface area contributed by atoms with Crippen molar-refractivity contribution in [2.75, 3.05) is 0 Å². The third kappa shape index (κ3) is 1.41. The van der Waals surface area contributed by atoms with Gasteiger partial charge in [0.2, 0.25) is 0 Å². The topological polar surface area (TPSA) is 30.2 Å². The average molecular weight is 192 g/mol. The average Bonchev–Trinajstić information content (AvgIpc) is 2.59. The van der Waals surface area contributed by atoms with E-state index in [1.165, 1.54) is 18.2 Å². The third-order valence-electron chi connectivity index (χ3n) is 2.07. The second-order valence-corrected chi connectivity index (χ2v) is 3.07. The highest BCUT2D eigenvalue weighted by Gasteiger charge is 2.10. The molecular weight excluding hydrogens is 183 g/mol. The second kappa shape index (κ2) is 3.25. The summed E-state index contributed by atoms with van der Waals surface area (Å²) in [6, 6.07) is 5.76. The number of hydrogen-bond acceptors (Lipinski definition) is 2. The van der Waals surface area contributed by atoms with Crippen molar-refractivity contribution >= 4 is 16.8 Å². The molecule has 0 radical (unpaired) electrons. The van der Waals surface area contributed by atoms with Gasteiger partial charge in [-0.2, -0.15) is 0 Å². The molecule has 0 saturated heterocycles. The van der Waals surface area contributed by atoms with Crippen molar-refractivity contribution < 1.29 is 13.6 Å². The number of fused-ring (bicyclic) bond motifs is 1. The van der Waals surface area contributed by atoms with Crippen LogP contribution in [-0.4, -0.2) is 5.78 Å². The number of benzene rings is 1. The Morgan fingerprint density at radius 3 is 2.93 bits per heavy atom. The Morgan fingerprint density at radius 2 is 2.21 bits per heavy atom. The van der Waals surface area contributed by atoms with Crippen LogP contribution < -0.4 is 0 Å². The van der Waals surface area contributed by atoms with E-state index >= 15 is 0 Å². The van der Waals surface area contributed by atoms with Gasteiger partial charge in [-0.15, -0.1) is 0 Å². The summed E-state index contributed by atoms with van der Waals surface area (Å²) in [6.07, 6.45) is 0.391. The molecule has 72 valence electrons. The Kier molecular flexibility index (Phi) is 2.08. The number of carbonyl (C=O) groups is 1. The summed E-state index contributed by atoms with van der Waals surface area (Å²) >= 11 is 0. The molecule has 0 aliphatic heterocycles. The van der Waals surface area contributed by atoms with Crippen molar-refractivity contribution in [2.24, 2.45) is 0 Å². The molecule has 0 bridgehead atoms. The van der Waals surface area contributed by atoms with E-state index in [2.05, 4.69) is 0 Å². The van der Waals surface area contributed by atoms with E-state index < -0.39 is 0 Å². The van der Waals surface area contributed by atoms with Crippen LogP contribution in [0, 0.1) is 5.82 Å². The molecule has 0 aliphatic carbocycles. The zero-order valence-electron chi connectivity index (χ0n) is 7.71. The Bertz CT molecular complexity index is 485. The minimum absolute atomic E-state index is 0.0680. The number of halogens is 1. The highest BCUT2D eigenvalue weighted by molar-refractivity contribution is 5.97. The summed E-state index contributed by atoms with van der Waals surface area (Å²) in [5.41, 5.74) is 0.545. The maximum atomic E-state index is 12.8. The summed E-state index contributed by atoms with van der Waals surface area (Å²) in [5.74, 6) is -0.0940. The molecule has 2 nitrogen and oxygen atoms in total. The zero-order valence-corrected chi connectivity index (χ0v) is 7.71. The van der Waals surface area contributed by atoms with Crippen LogP contribution in [0.5, 0.6) is 0 Å². The number of furan rings is 1. The molecular formula is C11H9FO2. The monoisotopic (exact) mass is 192 g/mol. The Morgan fingerprint density at radius 1 is 1.43 bits per heavy atom. The van der Waals surface area contributed by atoms with Gasteiger partial charge in [0.1, 0.15) is 11.4 Å². The fourth-order valence-corrected chi connectivity index (χ4v) is 1.33. The van der Waals surface area contributed by atoms with Crippen molar-refractivity contribution in [3.05, 3.63) is 35.8 Å². The van der Waals surface area contributed by atoms with E-state index in [9.17, 15) is 9.18 Å². The molecule has 3 heteroatoms. The van der Waals surface area contributed by atoms with Crippen molar-refractivity contribution in [3.8, 4) is 0 Å². The van der Waals surface area contributed by atoms with Crippen molar-refractivity contribution in [1.82, 2.24) is 0 Å². The molecule has 1 aromatic carbocycles. The van der Waals surface area contributed by atoms with E-state index in [-0.39, 0.29) is 11.6 Å². The molecule has 0 spiro atoms. The molecule has 0 aliphatic rings. The minimum atomic E-state index is -0.325. The SMILES string of the molecule is CCC(=O)c1cc2cc(F)ccc2o1. The van der Waals surface area contributed by atoms with Gasteiger partial charge in [-0.3, -0.25) is 4.79 Å². The van der Waals surface area contributed by atoms with Crippen molar-refractivity contribution in [2.45, 2.75) is 13.3 Å². The number of Topliss-reactive ketones (excluding diaryl/α,β-unsaturated/α-hetero) is 1. The van der Waals surface area contributed by atoms with Crippen LogP contribution in [0.1, 0.15) is 23.9 Å². The number of rotatable bonds is 2. The fraction of sp³-hybridized carbons (Fsp3) is 0.182. The zero-order chi connectivity index (χ0) is 10.1. The maximum Gasteiger partial charge on any atom is 0.197 e. The first-order valence-electron chi connectivity index (χ1n) is 4.43. The largest absolute Gasteiger partial charge is 0.453 e. The number of hydrogen-bond donors (Lipinski definition) is 0. The maximum absolute atomic E-state index is 12.8. The molecule has 0 fully saturated rings. The van der Waals surface area contributed by atoms with E-state index in [0.717, 1.165) is 0 Å². The molecule has 0 N–H and O–H groups in total. The summed E-state index contributed by atoms with van der Waals surface area (Å²) in [4.78, 5) is 11.3. The lowest BCUT2D eigenvalue weighted by Crippen LogP contribution is -1.92. The summed E-state index contributed by atoms with van der Waals surface area (Å²) in [5, 5.41) is 0.627. The van der Waals surface area contributed by atoms with Gasteiger partial charge in [0.15, 0.2) is 11.5 Å². The van der Waals surface area contributed by atoms with Crippen LogP contribution in [0.4, 0.5) is 4.39 Å². The van der Waals surface area contributed by atoms with Crippen LogP contribution in [0.15, 0.2) is 28.7 Å². The lowest BCUT2D eigenvalue weighted by molar-refractivity contribution is 0.0963. The third-order valence-corrected chi connectivity index (χ3v) is 2.07. The summed E-state index contributed by atoms with van der Waals surface area (Å²) < 4.78 is 18.1. The van der Waals surface area contributed by atoms with Gasteiger partial charge in [0.05, 0.1) is 0 Å². The van der Waals surface area contributed by atoms with Gasteiger partial charge in [0.25, 0.3) is 0 Å². The Labute approximate surface area is 80.3 Å². The highest BCUT2D eigenvalue weighted by atomic mass is 19.1. The summed E-state index contributed by atoms with van der Waals surface area (Å²) in [6.45, 7) is 1.76. The standard InChI is InChI=1S/C11H9FO2/c1-2-9(13)11-6-7-5-8(12)3-4-10(7)14-11/h3-6H,2H2,1H3. The molecule has 0 amide bonds. The fourth-order valence-electron chi connectivity index (χ4n) is 1.33. The van der Waals surface area contributed by atoms with E-state index in [4.69, 9.17) is 4.42 Å². The van der Waals surface area contributed by atoms with Gasteiger partial charge in [-0.1, -0.05) is 6.92 Å². The Balaban J connectivity index is 2.56. The highest BCUT2D eigenvalue weighted by Crippen LogP contribution is 2.21. The first kappa shape index (κ1) is 8.94. The van der Waals surface area contributed by atoms with Crippen molar-refractivity contribution in [3.63, 3.8) is 0 Å². The van der Waals surface area contributed by atoms with Gasteiger partial charge < -0.3 is 4.42 Å². The van der Waals surface area contributed by atoms with Crippen LogP contribution in [0.2, 0.25) is 0 Å². The van der Waals surface area contributed by atoms with E-state index in [1.54, 1.807) is 13.0 Å². The van der Waals surface area contributed by atoms with Gasteiger partial charge in [0, 0.05) is 11.8 Å². The number of ketones is 1. The Hall–Kier alpha value is -1.64. The molecule has 14 heavy (non-hydrogen) atoms. The van der Waals surface area contributed by atoms with Crippen LogP contribution in [0.3, 0.4) is 0 Å². The van der Waals surface area contributed by atoms with Gasteiger partial charge in [-0.25, -0.2) is 4.39 Å². The molecule has 1 aromatic heterocycles. The molecule has 1 heterocycles. The normalized spacial score (nSPS) is 10.7. The molecule has 2 rings (SSSR count). The van der Waals surface area contributed by atoms with E-state index in [0.29, 0.717) is 23.2 Å². The van der Waals surface area contributed by atoms with Crippen LogP contribution >= 0.6 is 0 Å². The van der Waals surface area contributed by atoms with Crippen LogP contribution in [-0.2, 0) is 0 Å². The first-order valence-corrected chi connectivity index (χ1v) is 4.43.